The molecule has 1 N–H and O–H groups in total. The van der Waals surface area contributed by atoms with E-state index in [-0.39, 0.29) is 11.9 Å². The van der Waals surface area contributed by atoms with Gasteiger partial charge >= 0.3 is 0 Å². The molecule has 0 fully saturated rings. The van der Waals surface area contributed by atoms with Crippen LogP contribution in [0.5, 0.6) is 11.5 Å². The van der Waals surface area contributed by atoms with Crippen LogP contribution in [0.1, 0.15) is 13.3 Å². The van der Waals surface area contributed by atoms with Crippen molar-refractivity contribution in [1.82, 2.24) is 9.97 Å². The lowest BCUT2D eigenvalue weighted by molar-refractivity contribution is 0.0888. The molecule has 0 amide bonds. The SMILES string of the molecule is CC[C@H]1COc2cc3ncnc(Nc4cccc(Br)c4F)c3cc2O1. The van der Waals surface area contributed by atoms with E-state index in [1.165, 1.54) is 6.33 Å². The molecule has 0 saturated carbocycles. The monoisotopic (exact) mass is 403 g/mol. The van der Waals surface area contributed by atoms with Crippen molar-refractivity contribution in [1.29, 1.82) is 0 Å². The Labute approximate surface area is 152 Å². The van der Waals surface area contributed by atoms with Gasteiger partial charge in [-0.25, -0.2) is 14.4 Å². The van der Waals surface area contributed by atoms with Crippen LogP contribution < -0.4 is 14.8 Å². The molecule has 2 aromatic carbocycles. The number of rotatable bonds is 3. The van der Waals surface area contributed by atoms with E-state index < -0.39 is 0 Å². The number of nitrogens with zero attached hydrogens (tertiary/aromatic N) is 2. The van der Waals surface area contributed by atoms with E-state index in [2.05, 4.69) is 31.2 Å². The van der Waals surface area contributed by atoms with Gasteiger partial charge in [0.25, 0.3) is 0 Å². The second-order valence-electron chi connectivity index (χ2n) is 5.72. The maximum Gasteiger partial charge on any atom is 0.163 e. The minimum atomic E-state index is -0.377. The van der Waals surface area contributed by atoms with Gasteiger partial charge in [-0.1, -0.05) is 13.0 Å². The fourth-order valence-corrected chi connectivity index (χ4v) is 3.06. The van der Waals surface area contributed by atoms with E-state index in [9.17, 15) is 4.39 Å². The molecule has 5 nitrogen and oxygen atoms in total. The van der Waals surface area contributed by atoms with Crippen LogP contribution in [0.2, 0.25) is 0 Å². The molecule has 0 radical (unpaired) electrons. The summed E-state index contributed by atoms with van der Waals surface area (Å²) < 4.78 is 26.3. The van der Waals surface area contributed by atoms with E-state index in [0.29, 0.717) is 39.6 Å². The Morgan fingerprint density at radius 2 is 2.16 bits per heavy atom. The first-order valence-corrected chi connectivity index (χ1v) is 8.74. The summed E-state index contributed by atoms with van der Waals surface area (Å²) in [6, 6.07) is 8.71. The van der Waals surface area contributed by atoms with Gasteiger partial charge < -0.3 is 14.8 Å². The molecular formula is C18H15BrFN3O2. The van der Waals surface area contributed by atoms with Gasteiger partial charge in [-0.2, -0.15) is 0 Å². The van der Waals surface area contributed by atoms with Gasteiger partial charge in [0, 0.05) is 11.5 Å². The Morgan fingerprint density at radius 1 is 1.28 bits per heavy atom. The smallest absolute Gasteiger partial charge is 0.163 e. The van der Waals surface area contributed by atoms with Gasteiger partial charge in [0.05, 0.1) is 15.7 Å². The van der Waals surface area contributed by atoms with Crippen molar-refractivity contribution >= 4 is 38.3 Å². The Balaban J connectivity index is 1.78. The molecule has 0 unspecified atom stereocenters. The highest BCUT2D eigenvalue weighted by Gasteiger charge is 2.21. The van der Waals surface area contributed by atoms with Gasteiger partial charge in [-0.05, 0) is 40.5 Å². The third-order valence-electron chi connectivity index (χ3n) is 4.08. The minimum absolute atomic E-state index is 0.0218. The van der Waals surface area contributed by atoms with Crippen LogP contribution in [-0.4, -0.2) is 22.7 Å². The van der Waals surface area contributed by atoms with Crippen molar-refractivity contribution in [3.63, 3.8) is 0 Å². The quantitative estimate of drug-likeness (QED) is 0.678. The number of hydrogen-bond donors (Lipinski definition) is 1. The van der Waals surface area contributed by atoms with Crippen molar-refractivity contribution in [2.75, 3.05) is 11.9 Å². The lowest BCUT2D eigenvalue weighted by Crippen LogP contribution is -2.28. The van der Waals surface area contributed by atoms with E-state index in [1.807, 2.05) is 19.1 Å². The Bertz CT molecular complexity index is 951. The molecule has 1 aliphatic heterocycles. The number of ether oxygens (including phenoxy) is 2. The van der Waals surface area contributed by atoms with Crippen LogP contribution in [0.3, 0.4) is 0 Å². The largest absolute Gasteiger partial charge is 0.486 e. The Kier molecular flexibility index (Phi) is 4.17. The molecule has 1 aliphatic rings. The van der Waals surface area contributed by atoms with Crippen LogP contribution in [0, 0.1) is 5.82 Å². The topological polar surface area (TPSA) is 56.3 Å². The molecule has 1 aromatic heterocycles. The van der Waals surface area contributed by atoms with Gasteiger partial charge in [0.15, 0.2) is 17.3 Å². The van der Waals surface area contributed by atoms with Gasteiger partial charge in [0.2, 0.25) is 0 Å². The highest BCUT2D eigenvalue weighted by molar-refractivity contribution is 9.10. The summed E-state index contributed by atoms with van der Waals surface area (Å²) in [5, 5.41) is 3.77. The zero-order valence-electron chi connectivity index (χ0n) is 13.4. The number of benzene rings is 2. The van der Waals surface area contributed by atoms with E-state index in [1.54, 1.807) is 18.2 Å². The highest BCUT2D eigenvalue weighted by atomic mass is 79.9. The molecule has 0 bridgehead atoms. The average molecular weight is 404 g/mol. The minimum Gasteiger partial charge on any atom is -0.486 e. The van der Waals surface area contributed by atoms with Crippen molar-refractivity contribution in [3.8, 4) is 11.5 Å². The van der Waals surface area contributed by atoms with E-state index in [0.717, 1.165) is 11.8 Å². The normalized spacial score (nSPS) is 16.0. The number of halogens is 2. The fraction of sp³-hybridized carbons (Fsp3) is 0.222. The molecule has 128 valence electrons. The Morgan fingerprint density at radius 3 is 3.00 bits per heavy atom. The molecule has 0 spiro atoms. The summed E-state index contributed by atoms with van der Waals surface area (Å²) in [4.78, 5) is 8.54. The number of hydrogen-bond acceptors (Lipinski definition) is 5. The lowest BCUT2D eigenvalue weighted by Gasteiger charge is -2.26. The zero-order valence-corrected chi connectivity index (χ0v) is 15.0. The molecule has 2 heterocycles. The summed E-state index contributed by atoms with van der Waals surface area (Å²) in [6.07, 6.45) is 2.32. The molecule has 3 aromatic rings. The first-order chi connectivity index (χ1) is 12.2. The zero-order chi connectivity index (χ0) is 17.4. The molecule has 0 saturated heterocycles. The van der Waals surface area contributed by atoms with E-state index in [4.69, 9.17) is 9.47 Å². The van der Waals surface area contributed by atoms with Gasteiger partial charge in [0.1, 0.15) is 24.9 Å². The van der Waals surface area contributed by atoms with Gasteiger partial charge in [-0.15, -0.1) is 0 Å². The predicted octanol–water partition coefficient (Wildman–Crippen LogP) is 4.82. The summed E-state index contributed by atoms with van der Waals surface area (Å²) >= 11 is 3.19. The number of fused-ring (bicyclic) bond motifs is 2. The van der Waals surface area contributed by atoms with Crippen molar-refractivity contribution in [2.24, 2.45) is 0 Å². The first-order valence-electron chi connectivity index (χ1n) is 7.95. The standard InChI is InChI=1S/C18H15BrFN3O2/c1-2-10-8-24-15-7-14-11(6-16(15)25-10)18(22-9-21-14)23-13-5-3-4-12(19)17(13)20/h3-7,9-10H,2,8H2,1H3,(H,21,22,23)/t10-/m0/s1. The third-order valence-corrected chi connectivity index (χ3v) is 4.69. The van der Waals surface area contributed by atoms with Crippen LogP contribution >= 0.6 is 15.9 Å². The summed E-state index contributed by atoms with van der Waals surface area (Å²) in [5.41, 5.74) is 1.03. The fourth-order valence-electron chi connectivity index (χ4n) is 2.69. The van der Waals surface area contributed by atoms with Crippen molar-refractivity contribution < 1.29 is 13.9 Å². The predicted molar refractivity (Wildman–Crippen MR) is 97.1 cm³/mol. The lowest BCUT2D eigenvalue weighted by atomic mass is 10.1. The molecular weight excluding hydrogens is 389 g/mol. The maximum atomic E-state index is 14.3. The van der Waals surface area contributed by atoms with Crippen LogP contribution in [0.4, 0.5) is 15.9 Å². The van der Waals surface area contributed by atoms with Crippen LogP contribution in [0.25, 0.3) is 10.9 Å². The summed E-state index contributed by atoms with van der Waals surface area (Å²) in [7, 11) is 0. The third kappa shape index (κ3) is 3.00. The summed E-state index contributed by atoms with van der Waals surface area (Å²) in [5.74, 6) is 1.44. The second kappa shape index (κ2) is 6.48. The Hall–Kier alpha value is -2.41. The van der Waals surface area contributed by atoms with Crippen LogP contribution in [0.15, 0.2) is 41.1 Å². The first kappa shape index (κ1) is 16.1. The molecule has 1 atom stereocenters. The molecule has 4 rings (SSSR count). The maximum absolute atomic E-state index is 14.3. The molecule has 7 heteroatoms. The number of nitrogens with one attached hydrogen (secondary N) is 1. The molecule has 25 heavy (non-hydrogen) atoms. The highest BCUT2D eigenvalue weighted by Crippen LogP contribution is 2.38. The van der Waals surface area contributed by atoms with E-state index >= 15 is 0 Å². The van der Waals surface area contributed by atoms with Crippen molar-refractivity contribution in [3.05, 3.63) is 46.9 Å². The second-order valence-corrected chi connectivity index (χ2v) is 6.58. The molecule has 0 aliphatic carbocycles. The summed E-state index contributed by atoms with van der Waals surface area (Å²) in [6.45, 7) is 2.57. The van der Waals surface area contributed by atoms with Gasteiger partial charge in [-0.3, -0.25) is 0 Å². The number of aromatic nitrogens is 2. The average Bonchev–Trinajstić information content (AvgIpc) is 2.63. The van der Waals surface area contributed by atoms with Crippen LogP contribution in [-0.2, 0) is 0 Å². The number of anilines is 2. The van der Waals surface area contributed by atoms with Crippen molar-refractivity contribution in [2.45, 2.75) is 19.4 Å².